The van der Waals surface area contributed by atoms with E-state index in [2.05, 4.69) is 17.0 Å². The van der Waals surface area contributed by atoms with Crippen LogP contribution in [0.2, 0.25) is 0 Å². The molecule has 0 spiro atoms. The number of hydrogen-bond acceptors (Lipinski definition) is 3. The normalized spacial score (nSPS) is 19.6. The smallest absolute Gasteiger partial charge is 0.119 e. The molecule has 0 saturated carbocycles. The summed E-state index contributed by atoms with van der Waals surface area (Å²) in [5.41, 5.74) is 6.81. The van der Waals surface area contributed by atoms with Crippen LogP contribution in [0.5, 0.6) is 5.75 Å². The molecule has 14 heavy (non-hydrogen) atoms. The Kier molecular flexibility index (Phi) is 2.59. The molecule has 1 fully saturated rings. The standard InChI is InChI=1S/C11H16N2O/c1-2-14-11-5-3-9(4-6-11)13-8-10(13)7-12/h3-6,10H,2,7-8,12H2,1H3. The Bertz CT molecular complexity index is 297. The van der Waals surface area contributed by atoms with Gasteiger partial charge in [0, 0.05) is 18.8 Å². The van der Waals surface area contributed by atoms with Crippen molar-refractivity contribution < 1.29 is 4.74 Å². The Morgan fingerprint density at radius 1 is 1.43 bits per heavy atom. The molecule has 1 aliphatic heterocycles. The second-order valence-electron chi connectivity index (χ2n) is 3.47. The Morgan fingerprint density at radius 2 is 2.14 bits per heavy atom. The fourth-order valence-electron chi connectivity index (χ4n) is 1.60. The summed E-state index contributed by atoms with van der Waals surface area (Å²) in [6, 6.07) is 8.73. The number of nitrogens with two attached hydrogens (primary N) is 1. The molecule has 1 aromatic carbocycles. The van der Waals surface area contributed by atoms with E-state index in [4.69, 9.17) is 10.5 Å². The maximum Gasteiger partial charge on any atom is 0.119 e. The molecule has 2 rings (SSSR count). The Labute approximate surface area is 84.5 Å². The zero-order chi connectivity index (χ0) is 9.97. The third kappa shape index (κ3) is 1.82. The van der Waals surface area contributed by atoms with Crippen molar-refractivity contribution in [3.63, 3.8) is 0 Å². The van der Waals surface area contributed by atoms with Gasteiger partial charge in [0.05, 0.1) is 12.6 Å². The largest absolute Gasteiger partial charge is 0.494 e. The maximum atomic E-state index is 5.57. The molecule has 1 aromatic rings. The number of rotatable bonds is 4. The molecule has 1 aliphatic rings. The van der Waals surface area contributed by atoms with Crippen molar-refractivity contribution in [2.45, 2.75) is 13.0 Å². The summed E-state index contributed by atoms with van der Waals surface area (Å²) in [6.07, 6.45) is 0. The van der Waals surface area contributed by atoms with Gasteiger partial charge in [-0.3, -0.25) is 0 Å². The lowest BCUT2D eigenvalue weighted by molar-refractivity contribution is 0.340. The van der Waals surface area contributed by atoms with Crippen molar-refractivity contribution in [3.8, 4) is 5.75 Å². The summed E-state index contributed by atoms with van der Waals surface area (Å²) >= 11 is 0. The third-order valence-electron chi connectivity index (χ3n) is 2.47. The number of benzene rings is 1. The minimum absolute atomic E-state index is 0.549. The van der Waals surface area contributed by atoms with Crippen molar-refractivity contribution >= 4 is 5.69 Å². The highest BCUT2D eigenvalue weighted by Gasteiger charge is 2.32. The average molecular weight is 192 g/mol. The highest BCUT2D eigenvalue weighted by Crippen LogP contribution is 2.28. The molecule has 1 saturated heterocycles. The molecule has 0 aromatic heterocycles. The van der Waals surface area contributed by atoms with Gasteiger partial charge in [-0.1, -0.05) is 0 Å². The summed E-state index contributed by atoms with van der Waals surface area (Å²) in [5, 5.41) is 0. The van der Waals surface area contributed by atoms with Gasteiger partial charge in [0.25, 0.3) is 0 Å². The predicted octanol–water partition coefficient (Wildman–Crippen LogP) is 1.23. The molecule has 3 heteroatoms. The first kappa shape index (κ1) is 9.34. The van der Waals surface area contributed by atoms with Crippen molar-refractivity contribution in [2.24, 2.45) is 5.73 Å². The van der Waals surface area contributed by atoms with Crippen LogP contribution in [-0.4, -0.2) is 25.7 Å². The summed E-state index contributed by atoms with van der Waals surface area (Å²) in [6.45, 7) is 4.54. The average Bonchev–Trinajstić information content (AvgIpc) is 2.99. The van der Waals surface area contributed by atoms with E-state index in [-0.39, 0.29) is 0 Å². The monoisotopic (exact) mass is 192 g/mol. The van der Waals surface area contributed by atoms with Gasteiger partial charge in [-0.25, -0.2) is 0 Å². The van der Waals surface area contributed by atoms with E-state index < -0.39 is 0 Å². The van der Waals surface area contributed by atoms with Crippen LogP contribution in [0.15, 0.2) is 24.3 Å². The SMILES string of the molecule is CCOc1ccc(N2CC2CN)cc1. The molecule has 0 aliphatic carbocycles. The lowest BCUT2D eigenvalue weighted by Gasteiger charge is -2.06. The van der Waals surface area contributed by atoms with Crippen LogP contribution in [0, 0.1) is 0 Å². The quantitative estimate of drug-likeness (QED) is 0.729. The van der Waals surface area contributed by atoms with Gasteiger partial charge >= 0.3 is 0 Å². The summed E-state index contributed by atoms with van der Waals surface area (Å²) in [5.74, 6) is 0.933. The first-order chi connectivity index (χ1) is 6.85. The van der Waals surface area contributed by atoms with Gasteiger partial charge in [0.15, 0.2) is 0 Å². The Balaban J connectivity index is 2.00. The number of ether oxygens (including phenoxy) is 1. The predicted molar refractivity (Wildman–Crippen MR) is 57.8 cm³/mol. The van der Waals surface area contributed by atoms with Gasteiger partial charge in [0.2, 0.25) is 0 Å². The molecule has 1 atom stereocenters. The third-order valence-corrected chi connectivity index (χ3v) is 2.47. The van der Waals surface area contributed by atoms with Gasteiger partial charge in [-0.15, -0.1) is 0 Å². The van der Waals surface area contributed by atoms with E-state index in [1.165, 1.54) is 5.69 Å². The van der Waals surface area contributed by atoms with Crippen molar-refractivity contribution in [1.82, 2.24) is 0 Å². The lowest BCUT2D eigenvalue weighted by atomic mass is 10.3. The minimum Gasteiger partial charge on any atom is -0.494 e. The zero-order valence-electron chi connectivity index (χ0n) is 8.44. The molecule has 1 unspecified atom stereocenters. The van der Waals surface area contributed by atoms with Crippen LogP contribution in [0.4, 0.5) is 5.69 Å². The van der Waals surface area contributed by atoms with E-state index in [0.717, 1.165) is 18.8 Å². The van der Waals surface area contributed by atoms with Crippen LogP contribution in [0.1, 0.15) is 6.92 Å². The molecule has 2 N–H and O–H groups in total. The number of hydrogen-bond donors (Lipinski definition) is 1. The molecular weight excluding hydrogens is 176 g/mol. The molecule has 0 radical (unpaired) electrons. The summed E-state index contributed by atoms with van der Waals surface area (Å²) < 4.78 is 5.37. The molecule has 76 valence electrons. The zero-order valence-corrected chi connectivity index (χ0v) is 8.44. The van der Waals surface area contributed by atoms with E-state index in [0.29, 0.717) is 12.6 Å². The molecule has 3 nitrogen and oxygen atoms in total. The van der Waals surface area contributed by atoms with Gasteiger partial charge in [-0.05, 0) is 31.2 Å². The molecule has 0 amide bonds. The lowest BCUT2D eigenvalue weighted by Crippen LogP contribution is -2.11. The Morgan fingerprint density at radius 3 is 2.64 bits per heavy atom. The topological polar surface area (TPSA) is 38.3 Å². The van der Waals surface area contributed by atoms with Crippen molar-refractivity contribution in [1.29, 1.82) is 0 Å². The molecule has 1 heterocycles. The van der Waals surface area contributed by atoms with Crippen LogP contribution in [0.25, 0.3) is 0 Å². The van der Waals surface area contributed by atoms with Crippen molar-refractivity contribution in [3.05, 3.63) is 24.3 Å². The number of nitrogens with zero attached hydrogens (tertiary/aromatic N) is 1. The van der Waals surface area contributed by atoms with E-state index in [1.54, 1.807) is 0 Å². The van der Waals surface area contributed by atoms with Crippen LogP contribution in [0.3, 0.4) is 0 Å². The summed E-state index contributed by atoms with van der Waals surface area (Å²) in [4.78, 5) is 2.29. The highest BCUT2D eigenvalue weighted by atomic mass is 16.5. The second kappa shape index (κ2) is 3.88. The van der Waals surface area contributed by atoms with Crippen LogP contribution < -0.4 is 15.4 Å². The molecule has 0 bridgehead atoms. The van der Waals surface area contributed by atoms with E-state index in [1.807, 2.05) is 19.1 Å². The first-order valence-corrected chi connectivity index (χ1v) is 5.04. The molecular formula is C11H16N2O. The van der Waals surface area contributed by atoms with Gasteiger partial charge < -0.3 is 15.4 Å². The fourth-order valence-corrected chi connectivity index (χ4v) is 1.60. The maximum absolute atomic E-state index is 5.57. The highest BCUT2D eigenvalue weighted by molar-refractivity contribution is 5.55. The van der Waals surface area contributed by atoms with E-state index >= 15 is 0 Å². The second-order valence-corrected chi connectivity index (χ2v) is 3.47. The van der Waals surface area contributed by atoms with Crippen molar-refractivity contribution in [2.75, 3.05) is 24.6 Å². The Hall–Kier alpha value is -1.22. The summed E-state index contributed by atoms with van der Waals surface area (Å²) in [7, 11) is 0. The van der Waals surface area contributed by atoms with Gasteiger partial charge in [-0.2, -0.15) is 0 Å². The van der Waals surface area contributed by atoms with Crippen LogP contribution >= 0.6 is 0 Å². The van der Waals surface area contributed by atoms with Crippen LogP contribution in [-0.2, 0) is 0 Å². The van der Waals surface area contributed by atoms with Gasteiger partial charge in [0.1, 0.15) is 5.75 Å². The minimum atomic E-state index is 0.549. The fraction of sp³-hybridized carbons (Fsp3) is 0.455. The van der Waals surface area contributed by atoms with E-state index in [9.17, 15) is 0 Å². The first-order valence-electron chi connectivity index (χ1n) is 5.04. The number of anilines is 1.